The number of benzene rings is 2. The Morgan fingerprint density at radius 1 is 1.00 bits per heavy atom. The average molecular weight is 375 g/mol. The summed E-state index contributed by atoms with van der Waals surface area (Å²) in [7, 11) is 2.98. The molecule has 2 aromatic carbocycles. The highest BCUT2D eigenvalue weighted by Crippen LogP contribution is 2.36. The van der Waals surface area contributed by atoms with E-state index in [4.69, 9.17) is 44.3 Å². The van der Waals surface area contributed by atoms with Crippen LogP contribution in [0.3, 0.4) is 0 Å². The lowest BCUT2D eigenvalue weighted by Gasteiger charge is -2.13. The van der Waals surface area contributed by atoms with Gasteiger partial charge in [0.05, 0.1) is 31.4 Å². The first-order valence-electron chi connectivity index (χ1n) is 6.60. The molecule has 0 radical (unpaired) electrons. The van der Waals surface area contributed by atoms with Crippen LogP contribution in [0.5, 0.6) is 11.5 Å². The molecule has 1 amide bonds. The zero-order chi connectivity index (χ0) is 17.0. The van der Waals surface area contributed by atoms with Gasteiger partial charge in [-0.2, -0.15) is 0 Å². The maximum atomic E-state index is 12.2. The van der Waals surface area contributed by atoms with Gasteiger partial charge in [0.25, 0.3) is 0 Å². The lowest BCUT2D eigenvalue weighted by Crippen LogP contribution is -2.15. The first kappa shape index (κ1) is 17.7. The molecule has 0 aliphatic rings. The third kappa shape index (κ3) is 4.44. The standard InChI is InChI=1S/C16H14Cl3NO3/c1-22-14-8-13(15(23-2)7-12(14)19)20-16(21)5-9-3-4-10(17)6-11(9)18/h3-4,6-8H,5H2,1-2H3,(H,20,21). The molecule has 0 spiro atoms. The van der Waals surface area contributed by atoms with Crippen molar-refractivity contribution in [2.75, 3.05) is 19.5 Å². The highest BCUT2D eigenvalue weighted by Gasteiger charge is 2.14. The number of ether oxygens (including phenoxy) is 2. The number of methoxy groups -OCH3 is 2. The molecule has 0 bridgehead atoms. The van der Waals surface area contributed by atoms with Crippen molar-refractivity contribution in [1.29, 1.82) is 0 Å². The van der Waals surface area contributed by atoms with Crippen molar-refractivity contribution in [2.24, 2.45) is 0 Å². The summed E-state index contributed by atoms with van der Waals surface area (Å²) in [6.45, 7) is 0. The van der Waals surface area contributed by atoms with E-state index in [1.165, 1.54) is 14.2 Å². The Morgan fingerprint density at radius 2 is 1.70 bits per heavy atom. The van der Waals surface area contributed by atoms with Gasteiger partial charge in [0, 0.05) is 22.2 Å². The number of carbonyl (C=O) groups excluding carboxylic acids is 1. The van der Waals surface area contributed by atoms with E-state index in [0.29, 0.717) is 37.8 Å². The molecule has 2 rings (SSSR count). The number of carbonyl (C=O) groups is 1. The fourth-order valence-corrected chi connectivity index (χ4v) is 2.70. The molecule has 0 saturated carbocycles. The van der Waals surface area contributed by atoms with E-state index in [2.05, 4.69) is 5.32 Å². The molecule has 122 valence electrons. The Hall–Kier alpha value is -1.62. The minimum Gasteiger partial charge on any atom is -0.495 e. The van der Waals surface area contributed by atoms with Crippen LogP contribution >= 0.6 is 34.8 Å². The van der Waals surface area contributed by atoms with E-state index in [9.17, 15) is 4.79 Å². The van der Waals surface area contributed by atoms with Crippen LogP contribution in [0, 0.1) is 0 Å². The zero-order valence-corrected chi connectivity index (χ0v) is 14.7. The molecule has 0 unspecified atom stereocenters. The van der Waals surface area contributed by atoms with Crippen LogP contribution in [0.25, 0.3) is 0 Å². The molecule has 0 atom stereocenters. The van der Waals surface area contributed by atoms with Gasteiger partial charge in [-0.1, -0.05) is 40.9 Å². The number of anilines is 1. The molecule has 0 fully saturated rings. The highest BCUT2D eigenvalue weighted by molar-refractivity contribution is 6.35. The van der Waals surface area contributed by atoms with Gasteiger partial charge in [0.1, 0.15) is 11.5 Å². The Morgan fingerprint density at radius 3 is 2.30 bits per heavy atom. The number of hydrogen-bond donors (Lipinski definition) is 1. The van der Waals surface area contributed by atoms with Crippen molar-refractivity contribution in [3.63, 3.8) is 0 Å². The monoisotopic (exact) mass is 373 g/mol. The topological polar surface area (TPSA) is 47.6 Å². The summed E-state index contributed by atoms with van der Waals surface area (Å²) in [6.07, 6.45) is 0.101. The maximum absolute atomic E-state index is 12.2. The molecule has 7 heteroatoms. The summed E-state index contributed by atoms with van der Waals surface area (Å²) in [5.41, 5.74) is 1.14. The molecule has 2 aromatic rings. The molecule has 0 aromatic heterocycles. The molecule has 0 heterocycles. The molecule has 0 aliphatic heterocycles. The van der Waals surface area contributed by atoms with Gasteiger partial charge in [-0.05, 0) is 17.7 Å². The van der Waals surface area contributed by atoms with Crippen molar-refractivity contribution in [3.8, 4) is 11.5 Å². The number of rotatable bonds is 5. The fourth-order valence-electron chi connectivity index (χ4n) is 1.99. The van der Waals surface area contributed by atoms with E-state index in [1.54, 1.807) is 30.3 Å². The summed E-state index contributed by atoms with van der Waals surface area (Å²) < 4.78 is 10.4. The minimum absolute atomic E-state index is 0.101. The van der Waals surface area contributed by atoms with Crippen LogP contribution in [0.4, 0.5) is 5.69 Å². The smallest absolute Gasteiger partial charge is 0.228 e. The largest absolute Gasteiger partial charge is 0.495 e. The van der Waals surface area contributed by atoms with E-state index < -0.39 is 0 Å². The predicted molar refractivity (Wildman–Crippen MR) is 93.4 cm³/mol. The van der Waals surface area contributed by atoms with Crippen molar-refractivity contribution in [2.45, 2.75) is 6.42 Å². The SMILES string of the molecule is COc1cc(NC(=O)Cc2ccc(Cl)cc2Cl)c(OC)cc1Cl. The van der Waals surface area contributed by atoms with Crippen molar-refractivity contribution in [3.05, 3.63) is 51.0 Å². The van der Waals surface area contributed by atoms with Crippen LogP contribution < -0.4 is 14.8 Å². The van der Waals surface area contributed by atoms with Gasteiger partial charge < -0.3 is 14.8 Å². The molecule has 0 aliphatic carbocycles. The van der Waals surface area contributed by atoms with Crippen LogP contribution in [0.1, 0.15) is 5.56 Å². The Kier molecular flexibility index (Phi) is 5.99. The summed E-state index contributed by atoms with van der Waals surface area (Å²) in [5, 5.41) is 4.11. The summed E-state index contributed by atoms with van der Waals surface area (Å²) in [6, 6.07) is 8.16. The molecular formula is C16H14Cl3NO3. The molecular weight excluding hydrogens is 361 g/mol. The third-order valence-electron chi connectivity index (χ3n) is 3.11. The fraction of sp³-hybridized carbons (Fsp3) is 0.188. The van der Waals surface area contributed by atoms with Gasteiger partial charge in [0.2, 0.25) is 5.91 Å². The van der Waals surface area contributed by atoms with Gasteiger partial charge in [-0.3, -0.25) is 4.79 Å². The third-order valence-corrected chi connectivity index (χ3v) is 4.00. The first-order valence-corrected chi connectivity index (χ1v) is 7.73. The summed E-state index contributed by atoms with van der Waals surface area (Å²) >= 11 is 18.0. The van der Waals surface area contributed by atoms with Gasteiger partial charge >= 0.3 is 0 Å². The number of hydrogen-bond acceptors (Lipinski definition) is 3. The van der Waals surface area contributed by atoms with Crippen LogP contribution in [-0.4, -0.2) is 20.1 Å². The first-order chi connectivity index (χ1) is 10.9. The van der Waals surface area contributed by atoms with E-state index in [-0.39, 0.29) is 12.3 Å². The lowest BCUT2D eigenvalue weighted by atomic mass is 10.1. The summed E-state index contributed by atoms with van der Waals surface area (Å²) in [4.78, 5) is 12.2. The molecule has 4 nitrogen and oxygen atoms in total. The number of nitrogens with one attached hydrogen (secondary N) is 1. The predicted octanol–water partition coefficient (Wildman–Crippen LogP) is 4.85. The van der Waals surface area contributed by atoms with Crippen molar-refractivity contribution < 1.29 is 14.3 Å². The maximum Gasteiger partial charge on any atom is 0.228 e. The Balaban J connectivity index is 2.19. The van der Waals surface area contributed by atoms with E-state index in [1.807, 2.05) is 0 Å². The summed E-state index contributed by atoms with van der Waals surface area (Å²) in [5.74, 6) is 0.621. The van der Waals surface area contributed by atoms with Gasteiger partial charge in [-0.25, -0.2) is 0 Å². The van der Waals surface area contributed by atoms with Crippen LogP contribution in [0.2, 0.25) is 15.1 Å². The van der Waals surface area contributed by atoms with Crippen molar-refractivity contribution >= 4 is 46.4 Å². The highest BCUT2D eigenvalue weighted by atomic mass is 35.5. The van der Waals surface area contributed by atoms with Crippen LogP contribution in [0.15, 0.2) is 30.3 Å². The Bertz CT molecular complexity index is 735. The number of halogens is 3. The van der Waals surface area contributed by atoms with Crippen LogP contribution in [-0.2, 0) is 11.2 Å². The second kappa shape index (κ2) is 7.77. The lowest BCUT2D eigenvalue weighted by molar-refractivity contribution is -0.115. The van der Waals surface area contributed by atoms with Gasteiger partial charge in [0.15, 0.2) is 0 Å². The number of amides is 1. The second-order valence-corrected chi connectivity index (χ2v) is 5.90. The Labute approximate surface area is 149 Å². The molecule has 23 heavy (non-hydrogen) atoms. The zero-order valence-electron chi connectivity index (χ0n) is 12.5. The average Bonchev–Trinajstić information content (AvgIpc) is 2.51. The van der Waals surface area contributed by atoms with Crippen molar-refractivity contribution in [1.82, 2.24) is 0 Å². The normalized spacial score (nSPS) is 10.3. The van der Waals surface area contributed by atoms with E-state index in [0.717, 1.165) is 0 Å². The quantitative estimate of drug-likeness (QED) is 0.814. The van der Waals surface area contributed by atoms with E-state index >= 15 is 0 Å². The minimum atomic E-state index is -0.253. The second-order valence-electron chi connectivity index (χ2n) is 4.65. The molecule has 1 N–H and O–H groups in total. The van der Waals surface area contributed by atoms with Gasteiger partial charge in [-0.15, -0.1) is 0 Å². The molecule has 0 saturated heterocycles.